The van der Waals surface area contributed by atoms with Gasteiger partial charge in [0, 0.05) is 12.2 Å². The molecular weight excluding hydrogens is 288 g/mol. The van der Waals surface area contributed by atoms with Crippen LogP contribution in [0.3, 0.4) is 0 Å². The second-order valence-corrected chi connectivity index (χ2v) is 5.33. The van der Waals surface area contributed by atoms with Crippen molar-refractivity contribution >= 4 is 16.7 Å². The molecule has 1 atom stereocenters. The highest BCUT2D eigenvalue weighted by Gasteiger charge is 2.09. The zero-order chi connectivity index (χ0) is 16.2. The van der Waals surface area contributed by atoms with E-state index in [0.717, 1.165) is 16.3 Å². The fourth-order valence-electron chi connectivity index (χ4n) is 2.43. The van der Waals surface area contributed by atoms with Gasteiger partial charge in [-0.05, 0) is 35.4 Å². The molecular formula is C18H16N4O. The number of nitriles is 1. The zero-order valence-electron chi connectivity index (χ0n) is 12.7. The molecule has 0 amide bonds. The normalized spacial score (nSPS) is 11.9. The molecule has 0 bridgehead atoms. The van der Waals surface area contributed by atoms with Crippen LogP contribution < -0.4 is 5.32 Å². The third-order valence-electron chi connectivity index (χ3n) is 3.58. The lowest BCUT2D eigenvalue weighted by atomic mass is 10.0. The van der Waals surface area contributed by atoms with E-state index in [4.69, 9.17) is 5.26 Å². The minimum atomic E-state index is -0.686. The van der Waals surface area contributed by atoms with Crippen LogP contribution in [-0.4, -0.2) is 21.6 Å². The number of aromatic nitrogens is 2. The number of hydrogen-bond acceptors (Lipinski definition) is 5. The first kappa shape index (κ1) is 14.9. The maximum atomic E-state index is 10.4. The van der Waals surface area contributed by atoms with Crippen molar-refractivity contribution in [2.45, 2.75) is 13.0 Å². The number of aliphatic hydroxyl groups excluding tert-OH is 1. The van der Waals surface area contributed by atoms with Gasteiger partial charge in [0.1, 0.15) is 11.8 Å². The first-order valence-corrected chi connectivity index (χ1v) is 7.32. The number of hydrogen-bond donors (Lipinski definition) is 2. The van der Waals surface area contributed by atoms with Gasteiger partial charge in [0.2, 0.25) is 5.95 Å². The predicted molar refractivity (Wildman–Crippen MR) is 88.9 cm³/mol. The number of anilines is 1. The highest BCUT2D eigenvalue weighted by molar-refractivity contribution is 5.83. The molecule has 3 rings (SSSR count). The molecule has 0 saturated heterocycles. The molecule has 0 radical (unpaired) electrons. The molecule has 0 fully saturated rings. The second-order valence-electron chi connectivity index (χ2n) is 5.33. The van der Waals surface area contributed by atoms with Crippen LogP contribution in [-0.2, 0) is 0 Å². The van der Waals surface area contributed by atoms with Gasteiger partial charge in [-0.25, -0.2) is 9.97 Å². The maximum absolute atomic E-state index is 10.4. The van der Waals surface area contributed by atoms with E-state index < -0.39 is 6.10 Å². The van der Waals surface area contributed by atoms with Crippen LogP contribution in [0.4, 0.5) is 5.95 Å². The van der Waals surface area contributed by atoms with E-state index in [9.17, 15) is 5.11 Å². The molecule has 0 aliphatic heterocycles. The van der Waals surface area contributed by atoms with Gasteiger partial charge in [-0.15, -0.1) is 0 Å². The Morgan fingerprint density at radius 2 is 1.91 bits per heavy atom. The van der Waals surface area contributed by atoms with Crippen molar-refractivity contribution in [2.75, 3.05) is 11.9 Å². The summed E-state index contributed by atoms with van der Waals surface area (Å²) in [4.78, 5) is 8.29. The Kier molecular flexibility index (Phi) is 4.18. The Morgan fingerprint density at radius 3 is 2.70 bits per heavy atom. The van der Waals surface area contributed by atoms with E-state index in [0.29, 0.717) is 17.3 Å². The first-order valence-electron chi connectivity index (χ1n) is 7.32. The van der Waals surface area contributed by atoms with Crippen molar-refractivity contribution in [1.82, 2.24) is 9.97 Å². The third-order valence-corrected chi connectivity index (χ3v) is 3.58. The van der Waals surface area contributed by atoms with E-state index in [-0.39, 0.29) is 6.54 Å². The molecule has 0 spiro atoms. The summed E-state index contributed by atoms with van der Waals surface area (Å²) in [6.07, 6.45) is -0.686. The summed E-state index contributed by atoms with van der Waals surface area (Å²) in [6, 6.07) is 17.5. The van der Waals surface area contributed by atoms with Crippen LogP contribution in [0.25, 0.3) is 10.8 Å². The van der Waals surface area contributed by atoms with Gasteiger partial charge in [0.05, 0.1) is 6.10 Å². The summed E-state index contributed by atoms with van der Waals surface area (Å²) in [7, 11) is 0. The van der Waals surface area contributed by atoms with E-state index in [1.807, 2.05) is 48.5 Å². The van der Waals surface area contributed by atoms with Gasteiger partial charge in [-0.2, -0.15) is 5.26 Å². The Hall–Kier alpha value is -2.97. The third kappa shape index (κ3) is 3.44. The molecule has 114 valence electrons. The molecule has 2 N–H and O–H groups in total. The van der Waals surface area contributed by atoms with Crippen molar-refractivity contribution in [3.63, 3.8) is 0 Å². The lowest BCUT2D eigenvalue weighted by Crippen LogP contribution is -2.14. The van der Waals surface area contributed by atoms with Crippen LogP contribution in [0.2, 0.25) is 0 Å². The quantitative estimate of drug-likeness (QED) is 0.774. The number of aryl methyl sites for hydroxylation is 1. The largest absolute Gasteiger partial charge is 0.387 e. The van der Waals surface area contributed by atoms with Crippen LogP contribution in [0.15, 0.2) is 48.5 Å². The number of benzene rings is 2. The van der Waals surface area contributed by atoms with Gasteiger partial charge in [-0.1, -0.05) is 36.4 Å². The summed E-state index contributed by atoms with van der Waals surface area (Å²) >= 11 is 0. The van der Waals surface area contributed by atoms with E-state index in [2.05, 4.69) is 15.3 Å². The highest BCUT2D eigenvalue weighted by Crippen LogP contribution is 2.20. The molecule has 23 heavy (non-hydrogen) atoms. The average molecular weight is 304 g/mol. The Morgan fingerprint density at radius 1 is 1.13 bits per heavy atom. The molecule has 1 heterocycles. The predicted octanol–water partition coefficient (Wildman–Crippen LogP) is 2.96. The average Bonchev–Trinajstić information content (AvgIpc) is 2.58. The van der Waals surface area contributed by atoms with E-state index >= 15 is 0 Å². The lowest BCUT2D eigenvalue weighted by molar-refractivity contribution is 0.191. The number of rotatable bonds is 4. The SMILES string of the molecule is Cc1cc(C#N)nc(NC[C@H](O)c2ccc3ccccc3c2)n1. The zero-order valence-corrected chi connectivity index (χ0v) is 12.7. The van der Waals surface area contributed by atoms with E-state index in [1.54, 1.807) is 13.0 Å². The summed E-state index contributed by atoms with van der Waals surface area (Å²) in [6.45, 7) is 2.07. The van der Waals surface area contributed by atoms with Crippen molar-refractivity contribution in [3.05, 3.63) is 65.5 Å². The highest BCUT2D eigenvalue weighted by atomic mass is 16.3. The number of nitrogens with one attached hydrogen (secondary N) is 1. The maximum Gasteiger partial charge on any atom is 0.224 e. The van der Waals surface area contributed by atoms with Crippen molar-refractivity contribution in [3.8, 4) is 6.07 Å². The van der Waals surface area contributed by atoms with Crippen LogP contribution in [0, 0.1) is 18.3 Å². The standard InChI is InChI=1S/C18H16N4O/c1-12-8-16(10-19)22-18(21-12)20-11-17(23)15-7-6-13-4-2-3-5-14(13)9-15/h2-9,17,23H,11H2,1H3,(H,20,21,22)/t17-/m0/s1. The van der Waals surface area contributed by atoms with Crippen molar-refractivity contribution in [1.29, 1.82) is 5.26 Å². The second kappa shape index (κ2) is 6.42. The van der Waals surface area contributed by atoms with Crippen molar-refractivity contribution in [2.24, 2.45) is 0 Å². The Labute approximate surface area is 134 Å². The van der Waals surface area contributed by atoms with Gasteiger partial charge in [0.25, 0.3) is 0 Å². The van der Waals surface area contributed by atoms with Crippen LogP contribution >= 0.6 is 0 Å². The Balaban J connectivity index is 1.74. The number of nitrogens with zero attached hydrogens (tertiary/aromatic N) is 3. The summed E-state index contributed by atoms with van der Waals surface area (Å²) in [5, 5.41) is 24.5. The molecule has 0 saturated carbocycles. The van der Waals surface area contributed by atoms with E-state index in [1.165, 1.54) is 0 Å². The van der Waals surface area contributed by atoms with Crippen molar-refractivity contribution < 1.29 is 5.11 Å². The number of aliphatic hydroxyl groups is 1. The molecule has 3 aromatic rings. The van der Waals surface area contributed by atoms with Gasteiger partial charge in [0.15, 0.2) is 0 Å². The smallest absolute Gasteiger partial charge is 0.224 e. The fraction of sp³-hybridized carbons (Fsp3) is 0.167. The molecule has 0 aliphatic carbocycles. The minimum Gasteiger partial charge on any atom is -0.387 e. The first-order chi connectivity index (χ1) is 11.2. The summed E-state index contributed by atoms with van der Waals surface area (Å²) in [5.41, 5.74) is 1.84. The van der Waals surface area contributed by atoms with Crippen LogP contribution in [0.5, 0.6) is 0 Å². The fourth-order valence-corrected chi connectivity index (χ4v) is 2.43. The van der Waals surface area contributed by atoms with Gasteiger partial charge in [-0.3, -0.25) is 0 Å². The van der Waals surface area contributed by atoms with Gasteiger partial charge < -0.3 is 10.4 Å². The molecule has 0 aliphatic rings. The molecule has 1 aromatic heterocycles. The summed E-state index contributed by atoms with van der Waals surface area (Å²) in [5.74, 6) is 0.349. The topological polar surface area (TPSA) is 81.8 Å². The molecule has 2 aromatic carbocycles. The molecule has 0 unspecified atom stereocenters. The Bertz CT molecular complexity index is 886. The minimum absolute atomic E-state index is 0.270. The van der Waals surface area contributed by atoms with Crippen LogP contribution in [0.1, 0.15) is 23.1 Å². The lowest BCUT2D eigenvalue weighted by Gasteiger charge is -2.13. The molecule has 5 heteroatoms. The number of fused-ring (bicyclic) bond motifs is 1. The summed E-state index contributed by atoms with van der Waals surface area (Å²) < 4.78 is 0. The van der Waals surface area contributed by atoms with Gasteiger partial charge >= 0.3 is 0 Å². The monoisotopic (exact) mass is 304 g/mol. The molecule has 5 nitrogen and oxygen atoms in total.